The number of methoxy groups -OCH3 is 1. The molecule has 130 valence electrons. The maximum atomic E-state index is 12.6. The molecule has 2 heterocycles. The second-order valence-electron chi connectivity index (χ2n) is 5.65. The summed E-state index contributed by atoms with van der Waals surface area (Å²) in [4.78, 5) is 49.6. The highest BCUT2D eigenvalue weighted by molar-refractivity contribution is 6.21. The summed E-state index contributed by atoms with van der Waals surface area (Å²) >= 11 is 0. The summed E-state index contributed by atoms with van der Waals surface area (Å²) in [5.41, 5.74) is 1.53. The second-order valence-corrected chi connectivity index (χ2v) is 5.65. The average molecular weight is 351 g/mol. The van der Waals surface area contributed by atoms with Crippen LogP contribution >= 0.6 is 0 Å². The Kier molecular flexibility index (Phi) is 3.74. The zero-order valence-electron chi connectivity index (χ0n) is 13.7. The van der Waals surface area contributed by atoms with E-state index in [-0.39, 0.29) is 23.3 Å². The molecule has 2 aromatic carbocycles. The van der Waals surface area contributed by atoms with Crippen molar-refractivity contribution in [1.82, 2.24) is 15.0 Å². The molecular formula is C18H13N3O5. The SMILES string of the molecule is COCc1nc2c(C(=O)ON3C(=O)c4ccccc4C3=O)cccc2[nH]1. The summed E-state index contributed by atoms with van der Waals surface area (Å²) in [6.07, 6.45) is 0. The molecule has 2 amide bonds. The van der Waals surface area contributed by atoms with Crippen molar-refractivity contribution in [3.63, 3.8) is 0 Å². The van der Waals surface area contributed by atoms with E-state index in [1.165, 1.54) is 25.3 Å². The number of nitrogens with one attached hydrogen (secondary N) is 1. The molecule has 3 aromatic rings. The van der Waals surface area contributed by atoms with Gasteiger partial charge in [-0.25, -0.2) is 9.78 Å². The number of carbonyl (C=O) groups excluding carboxylic acids is 3. The topological polar surface area (TPSA) is 102 Å². The molecule has 0 atom stereocenters. The zero-order chi connectivity index (χ0) is 18.3. The molecule has 1 aromatic heterocycles. The molecule has 8 nitrogen and oxygen atoms in total. The summed E-state index contributed by atoms with van der Waals surface area (Å²) in [6, 6.07) is 11.2. The zero-order valence-corrected chi connectivity index (χ0v) is 13.7. The van der Waals surface area contributed by atoms with Crippen molar-refractivity contribution in [1.29, 1.82) is 0 Å². The molecule has 0 fully saturated rings. The molecule has 0 aliphatic carbocycles. The van der Waals surface area contributed by atoms with Gasteiger partial charge in [-0.1, -0.05) is 23.3 Å². The largest absolute Gasteiger partial charge is 0.377 e. The number of imidazole rings is 1. The van der Waals surface area contributed by atoms with Gasteiger partial charge in [0.2, 0.25) is 0 Å². The Morgan fingerprint density at radius 3 is 2.42 bits per heavy atom. The predicted molar refractivity (Wildman–Crippen MR) is 89.2 cm³/mol. The van der Waals surface area contributed by atoms with Crippen LogP contribution in [0.15, 0.2) is 42.5 Å². The molecule has 0 unspecified atom stereocenters. The fourth-order valence-electron chi connectivity index (χ4n) is 2.84. The Hall–Kier alpha value is -3.52. The number of para-hydroxylation sites is 1. The van der Waals surface area contributed by atoms with E-state index in [2.05, 4.69) is 9.97 Å². The lowest BCUT2D eigenvalue weighted by atomic mass is 10.1. The predicted octanol–water partition coefficient (Wildman–Crippen LogP) is 2.08. The number of imide groups is 1. The van der Waals surface area contributed by atoms with Crippen molar-refractivity contribution >= 4 is 28.8 Å². The van der Waals surface area contributed by atoms with E-state index in [1.807, 2.05) is 0 Å². The fourth-order valence-corrected chi connectivity index (χ4v) is 2.84. The lowest BCUT2D eigenvalue weighted by molar-refractivity contribution is -0.0583. The number of hydroxylamine groups is 2. The lowest BCUT2D eigenvalue weighted by Crippen LogP contribution is -2.32. The van der Waals surface area contributed by atoms with Gasteiger partial charge in [-0.2, -0.15) is 0 Å². The van der Waals surface area contributed by atoms with E-state index in [0.717, 1.165) is 0 Å². The number of ether oxygens (including phenoxy) is 1. The molecule has 4 rings (SSSR count). The van der Waals surface area contributed by atoms with Gasteiger partial charge in [-0.3, -0.25) is 9.59 Å². The first-order chi connectivity index (χ1) is 12.6. The molecule has 0 spiro atoms. The van der Waals surface area contributed by atoms with Crippen LogP contribution in [0.25, 0.3) is 11.0 Å². The first-order valence-electron chi connectivity index (χ1n) is 7.77. The second kappa shape index (κ2) is 6.08. The van der Waals surface area contributed by atoms with Gasteiger partial charge in [0.25, 0.3) is 11.8 Å². The van der Waals surface area contributed by atoms with Crippen LogP contribution in [0, 0.1) is 0 Å². The van der Waals surface area contributed by atoms with Crippen LogP contribution in [-0.4, -0.2) is 39.9 Å². The van der Waals surface area contributed by atoms with Gasteiger partial charge in [0, 0.05) is 7.11 Å². The first-order valence-corrected chi connectivity index (χ1v) is 7.77. The van der Waals surface area contributed by atoms with Gasteiger partial charge in [0.15, 0.2) is 0 Å². The number of fused-ring (bicyclic) bond motifs is 2. The van der Waals surface area contributed by atoms with E-state index in [1.54, 1.807) is 24.3 Å². The number of carbonyl (C=O) groups is 3. The number of aromatic nitrogens is 2. The first kappa shape index (κ1) is 16.0. The third kappa shape index (κ3) is 2.44. The van der Waals surface area contributed by atoms with Gasteiger partial charge in [-0.05, 0) is 24.3 Å². The Morgan fingerprint density at radius 2 is 1.77 bits per heavy atom. The molecule has 26 heavy (non-hydrogen) atoms. The van der Waals surface area contributed by atoms with Crippen molar-refractivity contribution < 1.29 is 24.0 Å². The molecule has 0 saturated heterocycles. The van der Waals surface area contributed by atoms with E-state index in [4.69, 9.17) is 9.57 Å². The summed E-state index contributed by atoms with van der Waals surface area (Å²) < 4.78 is 5.02. The van der Waals surface area contributed by atoms with E-state index >= 15 is 0 Å². The maximum Gasteiger partial charge on any atom is 0.366 e. The smallest absolute Gasteiger partial charge is 0.366 e. The fraction of sp³-hybridized carbons (Fsp3) is 0.111. The average Bonchev–Trinajstić information content (AvgIpc) is 3.16. The highest BCUT2D eigenvalue weighted by Gasteiger charge is 2.39. The normalized spacial score (nSPS) is 13.3. The van der Waals surface area contributed by atoms with Crippen molar-refractivity contribution in [2.24, 2.45) is 0 Å². The highest BCUT2D eigenvalue weighted by atomic mass is 16.7. The van der Waals surface area contributed by atoms with Gasteiger partial charge in [0.05, 0.1) is 22.2 Å². The van der Waals surface area contributed by atoms with Gasteiger partial charge < -0.3 is 14.6 Å². The summed E-state index contributed by atoms with van der Waals surface area (Å²) in [5, 5.41) is 0.481. The van der Waals surface area contributed by atoms with Crippen LogP contribution in [0.5, 0.6) is 0 Å². The summed E-state index contributed by atoms with van der Waals surface area (Å²) in [6.45, 7) is 0.252. The summed E-state index contributed by atoms with van der Waals surface area (Å²) in [5.74, 6) is -1.65. The minimum absolute atomic E-state index is 0.137. The van der Waals surface area contributed by atoms with Crippen molar-refractivity contribution in [3.8, 4) is 0 Å². The van der Waals surface area contributed by atoms with E-state index in [9.17, 15) is 14.4 Å². The van der Waals surface area contributed by atoms with Gasteiger partial charge in [-0.15, -0.1) is 0 Å². The van der Waals surface area contributed by atoms with Crippen LogP contribution in [0.4, 0.5) is 0 Å². The Labute approximate surface area is 147 Å². The number of amides is 2. The number of benzene rings is 2. The van der Waals surface area contributed by atoms with Crippen molar-refractivity contribution in [2.75, 3.05) is 7.11 Å². The third-order valence-electron chi connectivity index (χ3n) is 3.99. The van der Waals surface area contributed by atoms with Crippen LogP contribution in [-0.2, 0) is 16.2 Å². The van der Waals surface area contributed by atoms with E-state index < -0.39 is 17.8 Å². The molecule has 0 bridgehead atoms. The standard InChI is InChI=1S/C18H13N3O5/c1-25-9-14-19-13-8-4-7-12(15(13)20-14)18(24)26-21-16(22)10-5-2-3-6-11(10)17(21)23/h2-8H,9H2,1H3,(H,19,20). The minimum atomic E-state index is -0.847. The van der Waals surface area contributed by atoms with Crippen LogP contribution in [0.3, 0.4) is 0 Å². The molecular weight excluding hydrogens is 338 g/mol. The molecule has 0 saturated carbocycles. The Balaban J connectivity index is 1.64. The van der Waals surface area contributed by atoms with Crippen molar-refractivity contribution in [2.45, 2.75) is 6.61 Å². The van der Waals surface area contributed by atoms with Crippen LogP contribution < -0.4 is 0 Å². The Bertz CT molecular complexity index is 1020. The van der Waals surface area contributed by atoms with Gasteiger partial charge >= 0.3 is 5.97 Å². The third-order valence-corrected chi connectivity index (χ3v) is 3.99. The molecule has 0 radical (unpaired) electrons. The quantitative estimate of drug-likeness (QED) is 0.722. The number of aromatic amines is 1. The minimum Gasteiger partial charge on any atom is -0.377 e. The number of H-pyrrole nitrogens is 1. The molecule has 1 aliphatic heterocycles. The lowest BCUT2D eigenvalue weighted by Gasteiger charge is -2.12. The number of nitrogens with zero attached hydrogens (tertiary/aromatic N) is 2. The van der Waals surface area contributed by atoms with Crippen molar-refractivity contribution in [3.05, 3.63) is 65.0 Å². The van der Waals surface area contributed by atoms with Crippen LogP contribution in [0.2, 0.25) is 0 Å². The molecule has 1 aliphatic rings. The Morgan fingerprint density at radius 1 is 1.08 bits per heavy atom. The highest BCUT2D eigenvalue weighted by Crippen LogP contribution is 2.24. The van der Waals surface area contributed by atoms with Gasteiger partial charge in [0.1, 0.15) is 17.9 Å². The number of rotatable bonds is 4. The summed E-state index contributed by atoms with van der Waals surface area (Å²) in [7, 11) is 1.53. The molecule has 1 N–H and O–H groups in total. The maximum absolute atomic E-state index is 12.6. The molecule has 8 heteroatoms. The van der Waals surface area contributed by atoms with Crippen LogP contribution in [0.1, 0.15) is 36.9 Å². The monoisotopic (exact) mass is 351 g/mol. The number of hydrogen-bond acceptors (Lipinski definition) is 6. The number of hydrogen-bond donors (Lipinski definition) is 1. The van der Waals surface area contributed by atoms with E-state index in [0.29, 0.717) is 21.9 Å².